The van der Waals surface area contributed by atoms with E-state index in [1.165, 1.54) is 14.0 Å². The van der Waals surface area contributed by atoms with Crippen LogP contribution >= 0.6 is 0 Å². The van der Waals surface area contributed by atoms with E-state index < -0.39 is 78.7 Å². The third kappa shape index (κ3) is 5.18. The normalized spacial score (nSPS) is 37.9. The van der Waals surface area contributed by atoms with E-state index in [4.69, 9.17) is 23.4 Å². The first kappa shape index (κ1) is 35.9. The molecule has 1 unspecified atom stereocenters. The van der Waals surface area contributed by atoms with Crippen LogP contribution in [-0.4, -0.2) is 91.7 Å². The number of fused-ring (bicyclic) bond motifs is 5. The number of methoxy groups -OCH3 is 1. The first-order chi connectivity index (χ1) is 22.0. The van der Waals surface area contributed by atoms with E-state index >= 15 is 4.79 Å². The van der Waals surface area contributed by atoms with Crippen LogP contribution in [0.3, 0.4) is 0 Å². The molecule has 1 aromatic rings. The van der Waals surface area contributed by atoms with E-state index in [0.717, 1.165) is 18.1 Å². The van der Waals surface area contributed by atoms with Crippen molar-refractivity contribution in [3.63, 3.8) is 0 Å². The average molecular weight is 673 g/mol. The van der Waals surface area contributed by atoms with Crippen molar-refractivity contribution in [3.05, 3.63) is 47.0 Å². The van der Waals surface area contributed by atoms with E-state index in [1.54, 1.807) is 58.0 Å². The maximum atomic E-state index is 15.5. The molecule has 1 saturated heterocycles. The topological polar surface area (TPSA) is 138 Å². The number of carbonyl (C=O) groups excluding carboxylic acids is 3. The molecule has 10 nitrogen and oxygen atoms in total. The van der Waals surface area contributed by atoms with Gasteiger partial charge in [-0.2, -0.15) is 0 Å². The molecule has 9 atom stereocenters. The van der Waals surface area contributed by atoms with Crippen molar-refractivity contribution in [1.29, 1.82) is 0 Å². The fourth-order valence-corrected chi connectivity index (χ4v) is 12.2. The molecule has 0 radical (unpaired) electrons. The van der Waals surface area contributed by atoms with Crippen LogP contribution in [0.15, 0.2) is 41.5 Å². The van der Waals surface area contributed by atoms with Gasteiger partial charge in [0.15, 0.2) is 19.7 Å². The summed E-state index contributed by atoms with van der Waals surface area (Å²) < 4.78 is 32.1. The molecule has 1 aromatic carbocycles. The van der Waals surface area contributed by atoms with Gasteiger partial charge in [0.05, 0.1) is 35.7 Å². The van der Waals surface area contributed by atoms with Crippen molar-refractivity contribution < 1.29 is 48.0 Å². The van der Waals surface area contributed by atoms with Crippen molar-refractivity contribution in [2.45, 2.75) is 128 Å². The number of aliphatic hydroxyl groups is 2. The molecule has 5 rings (SSSR count). The molecule has 0 amide bonds. The van der Waals surface area contributed by atoms with Crippen molar-refractivity contribution in [1.82, 2.24) is 0 Å². The third-order valence-corrected chi connectivity index (χ3v) is 17.1. The number of ketones is 1. The monoisotopic (exact) mass is 672 g/mol. The van der Waals surface area contributed by atoms with E-state index in [9.17, 15) is 19.8 Å². The first-order valence-electron chi connectivity index (χ1n) is 17.0. The Labute approximate surface area is 279 Å². The van der Waals surface area contributed by atoms with Crippen LogP contribution in [0.2, 0.25) is 18.1 Å². The Morgan fingerprint density at radius 2 is 1.68 bits per heavy atom. The molecule has 0 aromatic heterocycles. The highest BCUT2D eigenvalue weighted by atomic mass is 28.4. The number of Topliss-reactive ketones (excluding diaryl/α,β-unsaturated/α-hetero) is 1. The van der Waals surface area contributed by atoms with Crippen LogP contribution in [0, 0.1) is 16.7 Å². The van der Waals surface area contributed by atoms with Gasteiger partial charge in [-0.25, -0.2) is 4.79 Å². The van der Waals surface area contributed by atoms with Crippen LogP contribution in [0.5, 0.6) is 0 Å². The number of ether oxygens (including phenoxy) is 4. The number of benzene rings is 1. The average Bonchev–Trinajstić information content (AvgIpc) is 3.03. The summed E-state index contributed by atoms with van der Waals surface area (Å²) in [5, 5.41) is 24.7. The molecule has 4 aliphatic rings. The second kappa shape index (κ2) is 12.5. The Morgan fingerprint density at radius 3 is 2.19 bits per heavy atom. The lowest BCUT2D eigenvalue weighted by atomic mass is 9.44. The largest absolute Gasteiger partial charge is 0.455 e. The molecule has 0 spiro atoms. The standard InChI is InChI=1S/C36H52O10Si/c1-10-47(11-2,12-3)46-25-18-26-35(20-43-26,45-22(5)37)29-31(44-32(40)23-16-14-13-15-17-23)36(41)19-24(38)21(4)27(33(36,6)7)28(42-9)30(39)34(25,29)8/h13-17,24-26,28-29,31,38,41H,10-12,18-20H2,1-9H3/t24-,25-,26+,28+,29?,31-,34+,35-,36+/m0/s1. The minimum atomic E-state index is -2.39. The zero-order valence-corrected chi connectivity index (χ0v) is 30.3. The summed E-state index contributed by atoms with van der Waals surface area (Å²) in [5.74, 6) is -2.75. The lowest BCUT2D eigenvalue weighted by Gasteiger charge is -2.68. The van der Waals surface area contributed by atoms with Crippen LogP contribution in [0.25, 0.3) is 0 Å². The van der Waals surface area contributed by atoms with E-state index in [0.29, 0.717) is 11.1 Å². The summed E-state index contributed by atoms with van der Waals surface area (Å²) >= 11 is 0. The zero-order valence-electron chi connectivity index (χ0n) is 29.3. The minimum absolute atomic E-state index is 0.0623. The van der Waals surface area contributed by atoms with Gasteiger partial charge in [0.25, 0.3) is 0 Å². The van der Waals surface area contributed by atoms with Crippen LogP contribution < -0.4 is 0 Å². The number of aliphatic hydroxyl groups excluding tert-OH is 1. The van der Waals surface area contributed by atoms with Gasteiger partial charge in [-0.05, 0) is 55.3 Å². The molecule has 47 heavy (non-hydrogen) atoms. The molecular formula is C36H52O10Si. The molecule has 1 aliphatic heterocycles. The highest BCUT2D eigenvalue weighted by molar-refractivity contribution is 6.73. The molecule has 2 N–H and O–H groups in total. The van der Waals surface area contributed by atoms with Crippen LogP contribution in [0.1, 0.15) is 78.6 Å². The number of esters is 2. The molecule has 1 heterocycles. The Bertz CT molecular complexity index is 1410. The fraction of sp³-hybridized carbons (Fsp3) is 0.694. The van der Waals surface area contributed by atoms with Gasteiger partial charge in [-0.3, -0.25) is 9.59 Å². The van der Waals surface area contributed by atoms with Gasteiger partial charge in [-0.1, -0.05) is 52.8 Å². The number of carbonyl (C=O) groups is 3. The second-order valence-electron chi connectivity index (χ2n) is 14.7. The lowest BCUT2D eigenvalue weighted by Crippen LogP contribution is -2.82. The van der Waals surface area contributed by atoms with Crippen molar-refractivity contribution in [2.24, 2.45) is 16.7 Å². The Morgan fingerprint density at radius 1 is 1.06 bits per heavy atom. The first-order valence-corrected chi connectivity index (χ1v) is 19.5. The van der Waals surface area contributed by atoms with E-state index in [1.807, 2.05) is 0 Å². The summed E-state index contributed by atoms with van der Waals surface area (Å²) in [7, 11) is -0.939. The Hall–Kier alpha value is -2.41. The second-order valence-corrected chi connectivity index (χ2v) is 19.5. The van der Waals surface area contributed by atoms with Gasteiger partial charge < -0.3 is 33.6 Å². The Kier molecular flexibility index (Phi) is 9.53. The molecule has 11 heteroatoms. The van der Waals surface area contributed by atoms with Gasteiger partial charge in [0.2, 0.25) is 0 Å². The molecule has 260 valence electrons. The molecule has 3 aliphatic carbocycles. The number of rotatable bonds is 9. The molecule has 3 fully saturated rings. The van der Waals surface area contributed by atoms with Crippen molar-refractivity contribution >= 4 is 26.0 Å². The summed E-state index contributed by atoms with van der Waals surface area (Å²) in [6.45, 7) is 14.7. The number of hydrogen-bond donors (Lipinski definition) is 2. The van der Waals surface area contributed by atoms with E-state index in [-0.39, 0.29) is 30.8 Å². The zero-order chi connectivity index (χ0) is 34.7. The van der Waals surface area contributed by atoms with Crippen molar-refractivity contribution in [2.75, 3.05) is 13.7 Å². The summed E-state index contributed by atoms with van der Waals surface area (Å²) in [5.41, 5.74) is -4.88. The van der Waals surface area contributed by atoms with Gasteiger partial charge in [-0.15, -0.1) is 0 Å². The highest BCUT2D eigenvalue weighted by Crippen LogP contribution is 2.65. The predicted molar refractivity (Wildman–Crippen MR) is 176 cm³/mol. The maximum absolute atomic E-state index is 15.5. The summed E-state index contributed by atoms with van der Waals surface area (Å²) in [4.78, 5) is 42.5. The molecule has 2 saturated carbocycles. The lowest BCUT2D eigenvalue weighted by molar-refractivity contribution is -0.344. The van der Waals surface area contributed by atoms with Crippen molar-refractivity contribution in [3.8, 4) is 0 Å². The Balaban J connectivity index is 1.86. The van der Waals surface area contributed by atoms with Gasteiger partial charge in [0, 0.05) is 32.3 Å². The third-order valence-electron chi connectivity index (χ3n) is 12.5. The predicted octanol–water partition coefficient (Wildman–Crippen LogP) is 4.77. The van der Waals surface area contributed by atoms with Gasteiger partial charge >= 0.3 is 11.9 Å². The summed E-state index contributed by atoms with van der Waals surface area (Å²) in [6.07, 6.45) is -5.10. The van der Waals surface area contributed by atoms with E-state index in [2.05, 4.69) is 20.8 Å². The molecule has 2 bridgehead atoms. The van der Waals surface area contributed by atoms with Crippen LogP contribution in [-0.2, 0) is 33.0 Å². The maximum Gasteiger partial charge on any atom is 0.338 e. The molecular weight excluding hydrogens is 620 g/mol. The smallest absolute Gasteiger partial charge is 0.338 e. The minimum Gasteiger partial charge on any atom is -0.455 e. The quantitative estimate of drug-likeness (QED) is 0.215. The van der Waals surface area contributed by atoms with Crippen LogP contribution in [0.4, 0.5) is 0 Å². The summed E-state index contributed by atoms with van der Waals surface area (Å²) in [6, 6.07) is 10.9. The fourth-order valence-electron chi connectivity index (χ4n) is 9.30. The highest BCUT2D eigenvalue weighted by Gasteiger charge is 2.78. The van der Waals surface area contributed by atoms with Gasteiger partial charge in [0.1, 0.15) is 23.9 Å². The number of hydrogen-bond acceptors (Lipinski definition) is 10. The SMILES string of the molecule is CC[Si](CC)(CC)O[C@H]1C[C@H]2OC[C@@]2(OC(C)=O)C2[C@H](OC(=O)c3ccccc3)[C@]3(O)C[C@H](O)C(C)=C([C@@H](OC)C(=O)[C@@]21C)C3(C)C.